The van der Waals surface area contributed by atoms with E-state index in [-0.39, 0.29) is 24.8 Å². The van der Waals surface area contributed by atoms with Crippen molar-refractivity contribution >= 4 is 12.6 Å². The van der Waals surface area contributed by atoms with Crippen LogP contribution in [0.1, 0.15) is 53.9 Å². The number of carbonyl (C=O) groups is 1. The fraction of sp³-hybridized carbons (Fsp3) is 0.688. The van der Waals surface area contributed by atoms with Crippen molar-refractivity contribution in [3.8, 4) is 0 Å². The van der Waals surface area contributed by atoms with Gasteiger partial charge in [-0.3, -0.25) is 0 Å². The summed E-state index contributed by atoms with van der Waals surface area (Å²) in [5.41, 5.74) is 4.47. The Morgan fingerprint density at radius 2 is 1.73 bits per heavy atom. The van der Waals surface area contributed by atoms with Crippen LogP contribution in [0.15, 0.2) is 20.6 Å². The molecule has 0 aromatic carbocycles. The van der Waals surface area contributed by atoms with Gasteiger partial charge >= 0.3 is 132 Å². The summed E-state index contributed by atoms with van der Waals surface area (Å²) < 4.78 is 5.14. The van der Waals surface area contributed by atoms with E-state index in [9.17, 15) is 4.79 Å². The molecule has 1 unspecified atom stereocenters. The average Bonchev–Trinajstić information content (AvgIpc) is 2.58. The van der Waals surface area contributed by atoms with Crippen LogP contribution in [0.3, 0.4) is 0 Å². The van der Waals surface area contributed by atoms with E-state index in [1.54, 1.807) is 3.88 Å². The number of rotatable bonds is 6. The second kappa shape index (κ2) is 11.1. The van der Waals surface area contributed by atoms with Gasteiger partial charge in [-0.1, -0.05) is 0 Å². The minimum absolute atomic E-state index is 0. The van der Waals surface area contributed by atoms with E-state index < -0.39 is 24.0 Å². The Kier molecular flexibility index (Phi) is 12.5. The molecule has 1 rings (SSSR count). The van der Waals surface area contributed by atoms with Crippen LogP contribution in [-0.4, -0.2) is 12.6 Å². The van der Waals surface area contributed by atoms with Crippen molar-refractivity contribution in [3.05, 3.63) is 20.6 Å². The number of hydrogen-bond acceptors (Lipinski definition) is 1. The van der Waals surface area contributed by atoms with Gasteiger partial charge in [0.1, 0.15) is 0 Å². The Hall–Kier alpha value is 0.461. The molecule has 0 aromatic rings. The first kappa shape index (κ1) is 24.7. The monoisotopic (exact) mass is 398 g/mol. The zero-order valence-corrected chi connectivity index (χ0v) is 19.2. The van der Waals surface area contributed by atoms with Gasteiger partial charge < -0.3 is 24.8 Å². The predicted molar refractivity (Wildman–Crippen MR) is 86.8 cm³/mol. The molecule has 1 amide bonds. The first-order valence-corrected chi connectivity index (χ1v) is 15.0. The number of allylic oxidation sites excluding steroid dienone is 4. The second-order valence-corrected chi connectivity index (χ2v) is 18.9. The van der Waals surface area contributed by atoms with Crippen LogP contribution in [0.5, 0.6) is 0 Å². The van der Waals surface area contributed by atoms with Crippen LogP contribution < -0.4 is 28.6 Å². The minimum atomic E-state index is -1.59. The summed E-state index contributed by atoms with van der Waals surface area (Å²) in [5.74, 6) is 0.865. The van der Waals surface area contributed by atoms with Crippen LogP contribution in [0.4, 0.5) is 0 Å². The number of halogens is 2. The van der Waals surface area contributed by atoms with Crippen LogP contribution in [-0.2, 0) is 22.2 Å². The van der Waals surface area contributed by atoms with Crippen molar-refractivity contribution in [2.75, 3.05) is 0 Å². The Balaban J connectivity index is 0. The fourth-order valence-electron chi connectivity index (χ4n) is 2.87. The molecule has 0 bridgehead atoms. The number of nitrogens with one attached hydrogen (secondary N) is 1. The number of carbonyl (C=O) groups excluding carboxylic acids is 1. The fourth-order valence-corrected chi connectivity index (χ4v) is 13.5. The van der Waals surface area contributed by atoms with Gasteiger partial charge in [0.2, 0.25) is 0 Å². The van der Waals surface area contributed by atoms with E-state index in [0.29, 0.717) is 18.2 Å². The van der Waals surface area contributed by atoms with Gasteiger partial charge in [0.05, 0.1) is 0 Å². The molecule has 0 aliphatic heterocycles. The molecule has 0 heterocycles. The summed E-state index contributed by atoms with van der Waals surface area (Å²) >= 11 is -1.59. The summed E-state index contributed by atoms with van der Waals surface area (Å²) in [6.07, 6.45) is 2.82. The summed E-state index contributed by atoms with van der Waals surface area (Å²) in [7, 11) is 0. The summed E-state index contributed by atoms with van der Waals surface area (Å²) in [6, 6.07) is 0. The molecule has 0 spiro atoms. The van der Waals surface area contributed by atoms with E-state index >= 15 is 0 Å². The van der Waals surface area contributed by atoms with Crippen molar-refractivity contribution in [1.29, 1.82) is 0 Å². The average molecular weight is 399 g/mol. The molecule has 0 radical (unpaired) electrons. The van der Waals surface area contributed by atoms with Crippen molar-refractivity contribution in [2.24, 2.45) is 5.92 Å². The Bertz CT molecular complexity index is 449. The van der Waals surface area contributed by atoms with Crippen molar-refractivity contribution < 1.29 is 47.0 Å². The van der Waals surface area contributed by atoms with Gasteiger partial charge in [-0.05, 0) is 0 Å². The van der Waals surface area contributed by atoms with Gasteiger partial charge in [0.25, 0.3) is 0 Å². The quantitative estimate of drug-likeness (QED) is 0.519. The molecule has 0 saturated heterocycles. The zero-order valence-electron chi connectivity index (χ0n) is 14.9. The molecule has 0 saturated carbocycles. The minimum Gasteiger partial charge on any atom is -1.00 e. The predicted octanol–water partition coefficient (Wildman–Crippen LogP) is -1.92. The van der Waals surface area contributed by atoms with Gasteiger partial charge in [-0.15, -0.1) is 0 Å². The third kappa shape index (κ3) is 5.83. The Morgan fingerprint density at radius 3 is 2.09 bits per heavy atom. The van der Waals surface area contributed by atoms with Gasteiger partial charge in [0.15, 0.2) is 0 Å². The maximum absolute atomic E-state index is 12.2. The summed E-state index contributed by atoms with van der Waals surface area (Å²) in [6.45, 7) is 15.2. The zero-order chi connectivity index (χ0) is 15.4. The second-order valence-electron chi connectivity index (χ2n) is 6.29. The van der Waals surface area contributed by atoms with E-state index in [2.05, 4.69) is 51.5 Å². The molecule has 127 valence electrons. The van der Waals surface area contributed by atoms with Crippen LogP contribution in [0, 0.1) is 5.92 Å². The topological polar surface area (TPSA) is 29.1 Å². The van der Waals surface area contributed by atoms with Gasteiger partial charge in [-0.25, -0.2) is 0 Å². The largest absolute Gasteiger partial charge is 1.00 e. The molecule has 1 aliphatic carbocycles. The number of amides is 1. The molecule has 1 atom stereocenters. The first-order chi connectivity index (χ1) is 9.31. The third-order valence-corrected chi connectivity index (χ3v) is 16.0. The molecule has 2 nitrogen and oxygen atoms in total. The number of unbranched alkanes of at least 4 members (excludes halogenated alkanes) is 1. The standard InChI is InChI=1S/C9H13.C5H11NO.C2H7Si.2ClH.Ti/c1-6-5-7(2)9(4)8(6)3;1-2-3-4-5(6)7;1-3-2;;;/h6H,1-4H3;2-4H2,1H3,(H2,6,7);3H,1-2H3;2*1H;/q;;;;;+3/p-3. The molecular formula is C16H30Cl2NOSiTi. The maximum atomic E-state index is 12.2. The molecular weight excluding hydrogens is 369 g/mol. The van der Waals surface area contributed by atoms with E-state index in [4.69, 9.17) is 0 Å². The SMILES string of the molecule is CCCCC(=O)[NH][Ti+2]([C]1=C(C)C(C)=C(C)C1C)[SiH](C)C.[Cl-].[Cl-]. The molecule has 0 aromatic heterocycles. The van der Waals surface area contributed by atoms with Crippen LogP contribution >= 0.6 is 0 Å². The normalized spacial score (nSPS) is 17.4. The first-order valence-electron chi connectivity index (χ1n) is 7.86. The maximum Gasteiger partial charge on any atom is -1.00 e. The Labute approximate surface area is 156 Å². The number of hydrogen-bond donors (Lipinski definition) is 1. The van der Waals surface area contributed by atoms with Crippen LogP contribution in [0.2, 0.25) is 13.1 Å². The van der Waals surface area contributed by atoms with E-state index in [0.717, 1.165) is 12.8 Å². The van der Waals surface area contributed by atoms with E-state index in [1.807, 2.05) is 0 Å². The molecule has 1 aliphatic rings. The van der Waals surface area contributed by atoms with Crippen molar-refractivity contribution in [2.45, 2.75) is 67.0 Å². The molecule has 6 heteroatoms. The van der Waals surface area contributed by atoms with Gasteiger partial charge in [0, 0.05) is 0 Å². The molecule has 22 heavy (non-hydrogen) atoms. The summed E-state index contributed by atoms with van der Waals surface area (Å²) in [5, 5.41) is 0. The van der Waals surface area contributed by atoms with Crippen LogP contribution in [0.25, 0.3) is 0 Å². The molecule has 0 fully saturated rings. The molecule has 1 N–H and O–H groups in total. The van der Waals surface area contributed by atoms with E-state index in [1.165, 1.54) is 16.7 Å². The smallest absolute Gasteiger partial charge is 1.00 e. The van der Waals surface area contributed by atoms with Gasteiger partial charge in [-0.2, -0.15) is 0 Å². The third-order valence-electron chi connectivity index (χ3n) is 4.54. The Morgan fingerprint density at radius 1 is 1.18 bits per heavy atom. The summed E-state index contributed by atoms with van der Waals surface area (Å²) in [4.78, 5) is 12.2. The van der Waals surface area contributed by atoms with Crippen molar-refractivity contribution in [1.82, 2.24) is 3.80 Å². The van der Waals surface area contributed by atoms with Crippen molar-refractivity contribution in [3.63, 3.8) is 0 Å².